The molecule has 2 heterocycles. The summed E-state index contributed by atoms with van der Waals surface area (Å²) in [5.41, 5.74) is 5.63. The third kappa shape index (κ3) is 3.11. The molecule has 0 saturated heterocycles. The molecule has 28 heavy (non-hydrogen) atoms. The molecule has 0 saturated carbocycles. The average molecular weight is 454 g/mol. The molecule has 0 unspecified atom stereocenters. The number of ether oxygens (including phenoxy) is 1. The summed E-state index contributed by atoms with van der Waals surface area (Å²) in [5, 5.41) is 7.79. The first-order chi connectivity index (χ1) is 13.6. The van der Waals surface area contributed by atoms with Crippen LogP contribution < -0.4 is 4.74 Å². The Labute approximate surface area is 177 Å². The fourth-order valence-corrected chi connectivity index (χ4v) is 4.27. The van der Waals surface area contributed by atoms with Crippen molar-refractivity contribution >= 4 is 33.2 Å². The lowest BCUT2D eigenvalue weighted by Crippen LogP contribution is -2.33. The van der Waals surface area contributed by atoms with Gasteiger partial charge in [-0.2, -0.15) is 5.10 Å². The summed E-state index contributed by atoms with van der Waals surface area (Å²) in [6, 6.07) is 22.7. The summed E-state index contributed by atoms with van der Waals surface area (Å²) < 4.78 is 7.42. The lowest BCUT2D eigenvalue weighted by atomic mass is 9.95. The quantitative estimate of drug-likeness (QED) is 0.434. The number of rotatable bonds is 2. The highest BCUT2D eigenvalue weighted by Crippen LogP contribution is 2.48. The minimum absolute atomic E-state index is 0.104. The number of aryl methyl sites for hydroxylation is 1. The number of nitrogens with zero attached hydrogens (tertiary/aromatic N) is 2. The summed E-state index contributed by atoms with van der Waals surface area (Å²) in [5.74, 6) is 0.874. The highest BCUT2D eigenvalue weighted by molar-refractivity contribution is 9.10. The van der Waals surface area contributed by atoms with E-state index < -0.39 is 0 Å². The van der Waals surface area contributed by atoms with E-state index in [-0.39, 0.29) is 12.3 Å². The molecule has 3 aromatic rings. The average Bonchev–Trinajstić information content (AvgIpc) is 3.14. The molecular formula is C23H18BrClN2O. The van der Waals surface area contributed by atoms with E-state index in [0.29, 0.717) is 5.02 Å². The number of hydrogen-bond donors (Lipinski definition) is 0. The predicted octanol–water partition coefficient (Wildman–Crippen LogP) is 6.65. The molecule has 3 nitrogen and oxygen atoms in total. The minimum atomic E-state index is -0.269. The monoisotopic (exact) mass is 452 g/mol. The van der Waals surface area contributed by atoms with Gasteiger partial charge in [0.15, 0.2) is 0 Å². The Bertz CT molecular complexity index is 1060. The topological polar surface area (TPSA) is 24.8 Å². The first kappa shape index (κ1) is 17.8. The second-order valence-corrected chi connectivity index (χ2v) is 8.57. The molecule has 2 atom stereocenters. The molecular weight excluding hydrogens is 436 g/mol. The summed E-state index contributed by atoms with van der Waals surface area (Å²) in [4.78, 5) is 0. The van der Waals surface area contributed by atoms with Crippen LogP contribution in [0.5, 0.6) is 5.75 Å². The molecule has 3 aromatic carbocycles. The summed E-state index contributed by atoms with van der Waals surface area (Å²) in [6.07, 6.45) is 0.557. The van der Waals surface area contributed by atoms with Crippen LogP contribution in [0.1, 0.15) is 40.9 Å². The Morgan fingerprint density at radius 2 is 1.79 bits per heavy atom. The zero-order chi connectivity index (χ0) is 19.3. The van der Waals surface area contributed by atoms with Crippen molar-refractivity contribution in [3.05, 3.63) is 98.5 Å². The molecule has 2 aliphatic rings. The fraction of sp³-hybridized carbons (Fsp3) is 0.174. The van der Waals surface area contributed by atoms with Gasteiger partial charge in [-0.15, -0.1) is 0 Å². The summed E-state index contributed by atoms with van der Waals surface area (Å²) in [7, 11) is 0. The van der Waals surface area contributed by atoms with Crippen molar-refractivity contribution in [1.82, 2.24) is 5.01 Å². The van der Waals surface area contributed by atoms with Crippen LogP contribution >= 0.6 is 27.5 Å². The zero-order valence-electron chi connectivity index (χ0n) is 15.3. The van der Waals surface area contributed by atoms with Crippen LogP contribution in [0, 0.1) is 6.92 Å². The van der Waals surface area contributed by atoms with Crippen molar-refractivity contribution in [2.45, 2.75) is 25.6 Å². The van der Waals surface area contributed by atoms with Crippen LogP contribution in [-0.4, -0.2) is 10.7 Å². The standard InChI is InChI=1S/C23H18BrClN2O/c1-14-2-4-15(5-3-14)20-13-21-19-12-18(25)10-11-22(19)28-23(27(21)26-20)16-6-8-17(24)9-7-16/h2-12,21,23H,13H2,1H3/t21-,23+/m1/s1. The van der Waals surface area contributed by atoms with Gasteiger partial charge in [0.1, 0.15) is 5.75 Å². The maximum atomic E-state index is 6.37. The van der Waals surface area contributed by atoms with Gasteiger partial charge < -0.3 is 4.74 Å². The van der Waals surface area contributed by atoms with Crippen molar-refractivity contribution in [2.24, 2.45) is 5.10 Å². The summed E-state index contributed by atoms with van der Waals surface area (Å²) >= 11 is 9.80. The fourth-order valence-electron chi connectivity index (χ4n) is 3.83. The number of halogens is 2. The lowest BCUT2D eigenvalue weighted by molar-refractivity contribution is -0.0190. The molecule has 0 fully saturated rings. The largest absolute Gasteiger partial charge is 0.464 e. The van der Waals surface area contributed by atoms with Gasteiger partial charge in [0, 0.05) is 27.0 Å². The van der Waals surface area contributed by atoms with E-state index in [9.17, 15) is 0 Å². The molecule has 5 rings (SSSR count). The molecule has 2 aliphatic heterocycles. The van der Waals surface area contributed by atoms with Crippen molar-refractivity contribution in [2.75, 3.05) is 0 Å². The van der Waals surface area contributed by atoms with Crippen molar-refractivity contribution < 1.29 is 4.74 Å². The molecule has 0 aromatic heterocycles. The Kier molecular flexibility index (Phi) is 4.41. The van der Waals surface area contributed by atoms with Gasteiger partial charge in [0.2, 0.25) is 6.23 Å². The van der Waals surface area contributed by atoms with E-state index in [4.69, 9.17) is 21.4 Å². The molecule has 0 bridgehead atoms. The van der Waals surface area contributed by atoms with Gasteiger partial charge in [-0.25, -0.2) is 5.01 Å². The summed E-state index contributed by atoms with van der Waals surface area (Å²) in [6.45, 7) is 2.10. The van der Waals surface area contributed by atoms with Crippen molar-refractivity contribution in [1.29, 1.82) is 0 Å². The molecule has 0 N–H and O–H groups in total. The van der Waals surface area contributed by atoms with Gasteiger partial charge >= 0.3 is 0 Å². The number of benzene rings is 3. The van der Waals surface area contributed by atoms with Crippen LogP contribution in [0.4, 0.5) is 0 Å². The molecule has 0 spiro atoms. The third-order valence-electron chi connectivity index (χ3n) is 5.29. The van der Waals surface area contributed by atoms with E-state index in [1.807, 2.05) is 30.3 Å². The molecule has 0 radical (unpaired) electrons. The maximum Gasteiger partial charge on any atom is 0.213 e. The first-order valence-corrected chi connectivity index (χ1v) is 10.4. The van der Waals surface area contributed by atoms with E-state index in [1.165, 1.54) is 5.56 Å². The van der Waals surface area contributed by atoms with Crippen LogP contribution in [0.2, 0.25) is 5.02 Å². The maximum absolute atomic E-state index is 6.37. The Balaban J connectivity index is 1.59. The second-order valence-electron chi connectivity index (χ2n) is 7.22. The number of hydrogen-bond acceptors (Lipinski definition) is 3. The highest BCUT2D eigenvalue weighted by atomic mass is 79.9. The number of hydrazone groups is 1. The normalized spacial score (nSPS) is 20.2. The van der Waals surface area contributed by atoms with E-state index >= 15 is 0 Å². The molecule has 5 heteroatoms. The Morgan fingerprint density at radius 3 is 2.54 bits per heavy atom. The third-order valence-corrected chi connectivity index (χ3v) is 6.06. The predicted molar refractivity (Wildman–Crippen MR) is 116 cm³/mol. The van der Waals surface area contributed by atoms with E-state index in [1.54, 1.807) is 0 Å². The van der Waals surface area contributed by atoms with Gasteiger partial charge in [0.05, 0.1) is 11.8 Å². The van der Waals surface area contributed by atoms with Crippen molar-refractivity contribution in [3.63, 3.8) is 0 Å². The molecule has 140 valence electrons. The Morgan fingerprint density at radius 1 is 1.04 bits per heavy atom. The molecule has 0 amide bonds. The lowest BCUT2D eigenvalue weighted by Gasteiger charge is -2.38. The highest BCUT2D eigenvalue weighted by Gasteiger charge is 2.41. The zero-order valence-corrected chi connectivity index (χ0v) is 17.6. The van der Waals surface area contributed by atoms with Crippen molar-refractivity contribution in [3.8, 4) is 5.75 Å². The van der Waals surface area contributed by atoms with Crippen LogP contribution in [0.3, 0.4) is 0 Å². The molecule has 0 aliphatic carbocycles. The van der Waals surface area contributed by atoms with E-state index in [2.05, 4.69) is 64.3 Å². The minimum Gasteiger partial charge on any atom is -0.464 e. The second kappa shape index (κ2) is 6.94. The Hall–Kier alpha value is -2.30. The van der Waals surface area contributed by atoms with E-state index in [0.717, 1.165) is 39.0 Å². The first-order valence-electron chi connectivity index (χ1n) is 9.23. The van der Waals surface area contributed by atoms with Gasteiger partial charge in [-0.1, -0.05) is 69.5 Å². The van der Waals surface area contributed by atoms with Crippen LogP contribution in [-0.2, 0) is 0 Å². The smallest absolute Gasteiger partial charge is 0.213 e. The van der Waals surface area contributed by atoms with Gasteiger partial charge in [-0.3, -0.25) is 0 Å². The van der Waals surface area contributed by atoms with Crippen LogP contribution in [0.25, 0.3) is 0 Å². The van der Waals surface area contributed by atoms with Crippen LogP contribution in [0.15, 0.2) is 76.3 Å². The number of fused-ring (bicyclic) bond motifs is 3. The van der Waals surface area contributed by atoms with Gasteiger partial charge in [-0.05, 0) is 42.8 Å². The SMILES string of the molecule is Cc1ccc(C2=NN3[C@H](C2)c2cc(Cl)ccc2O[C@H]3c2ccc(Br)cc2)cc1. The van der Waals surface area contributed by atoms with Gasteiger partial charge in [0.25, 0.3) is 0 Å².